The molecule has 3 aromatic heterocycles. The molecule has 2 atom stereocenters. The van der Waals surface area contributed by atoms with E-state index >= 15 is 0 Å². The second-order valence-corrected chi connectivity index (χ2v) is 11.8. The standard InChI is InChI=1S/C34H37N5O6/c1-18-36-25-11-9-19(13-27(25)44-18)23-17-35-32-30(23)33(45-22-7-5-6-8-22)39-34(38-32)37-24-12-10-20(14-26(24)41-2)31(40)21-15-28(42-3)29(16-21)43-4/h9-14,17,21-22,28-29H,5-8,15-16H2,1-4H3,(H2,35,37,38,39)/t28-,29-/m1/s1. The zero-order valence-electron chi connectivity index (χ0n) is 25.9. The summed E-state index contributed by atoms with van der Waals surface area (Å²) in [6.07, 6.45) is 7.29. The van der Waals surface area contributed by atoms with Crippen molar-refractivity contribution >= 4 is 39.6 Å². The number of anilines is 2. The van der Waals surface area contributed by atoms with Crippen LogP contribution in [-0.4, -0.2) is 65.4 Å². The van der Waals surface area contributed by atoms with E-state index in [9.17, 15) is 4.79 Å². The second kappa shape index (κ2) is 12.1. The number of rotatable bonds is 10. The van der Waals surface area contributed by atoms with Crippen molar-refractivity contribution in [3.8, 4) is 22.8 Å². The van der Waals surface area contributed by atoms with Gasteiger partial charge in [0, 0.05) is 44.4 Å². The van der Waals surface area contributed by atoms with Crippen molar-refractivity contribution in [3.63, 3.8) is 0 Å². The summed E-state index contributed by atoms with van der Waals surface area (Å²) in [5.41, 5.74) is 5.23. The highest BCUT2D eigenvalue weighted by molar-refractivity contribution is 6.00. The second-order valence-electron chi connectivity index (χ2n) is 11.8. The summed E-state index contributed by atoms with van der Waals surface area (Å²) < 4.78 is 29.1. The van der Waals surface area contributed by atoms with E-state index in [1.165, 1.54) is 0 Å². The van der Waals surface area contributed by atoms with E-state index in [1.54, 1.807) is 33.5 Å². The van der Waals surface area contributed by atoms with E-state index < -0.39 is 0 Å². The molecule has 45 heavy (non-hydrogen) atoms. The smallest absolute Gasteiger partial charge is 0.232 e. The average Bonchev–Trinajstić information content (AvgIpc) is 3.86. The number of aryl methyl sites for hydroxylation is 1. The number of carbonyl (C=O) groups is 1. The van der Waals surface area contributed by atoms with Crippen LogP contribution in [0.5, 0.6) is 11.6 Å². The summed E-state index contributed by atoms with van der Waals surface area (Å²) in [6.45, 7) is 1.84. The Labute approximate surface area is 260 Å². The Hall–Kier alpha value is -4.48. The number of benzene rings is 2. The van der Waals surface area contributed by atoms with Gasteiger partial charge in [-0.3, -0.25) is 4.79 Å². The van der Waals surface area contributed by atoms with Crippen LogP contribution in [0.3, 0.4) is 0 Å². The average molecular weight is 612 g/mol. The van der Waals surface area contributed by atoms with Gasteiger partial charge in [0.2, 0.25) is 11.8 Å². The van der Waals surface area contributed by atoms with Crippen molar-refractivity contribution in [1.29, 1.82) is 0 Å². The van der Waals surface area contributed by atoms with Crippen LogP contribution in [-0.2, 0) is 9.47 Å². The van der Waals surface area contributed by atoms with E-state index in [-0.39, 0.29) is 30.0 Å². The molecule has 0 amide bonds. The van der Waals surface area contributed by atoms with Gasteiger partial charge in [-0.05, 0) is 74.4 Å². The van der Waals surface area contributed by atoms with Crippen LogP contribution >= 0.6 is 0 Å². The molecule has 0 aliphatic heterocycles. The number of methoxy groups -OCH3 is 3. The molecule has 2 N–H and O–H groups in total. The zero-order valence-corrected chi connectivity index (χ0v) is 25.9. The molecule has 11 heteroatoms. The first-order valence-electron chi connectivity index (χ1n) is 15.4. The van der Waals surface area contributed by atoms with Gasteiger partial charge < -0.3 is 33.7 Å². The lowest BCUT2D eigenvalue weighted by Crippen LogP contribution is -2.23. The van der Waals surface area contributed by atoms with Crippen molar-refractivity contribution in [2.24, 2.45) is 5.92 Å². The minimum atomic E-state index is -0.180. The minimum Gasteiger partial charge on any atom is -0.495 e. The number of ketones is 1. The Bertz CT molecular complexity index is 1850. The lowest BCUT2D eigenvalue weighted by Gasteiger charge is -2.16. The predicted molar refractivity (Wildman–Crippen MR) is 169 cm³/mol. The van der Waals surface area contributed by atoms with Crippen molar-refractivity contribution in [2.45, 2.75) is 63.8 Å². The molecule has 7 rings (SSSR count). The number of carbonyl (C=O) groups excluding carboxylic acids is 1. The monoisotopic (exact) mass is 611 g/mol. The van der Waals surface area contributed by atoms with Crippen molar-refractivity contribution < 1.29 is 28.2 Å². The molecule has 234 valence electrons. The summed E-state index contributed by atoms with van der Waals surface area (Å²) in [6, 6.07) is 11.3. The van der Waals surface area contributed by atoms with Crippen LogP contribution in [0.15, 0.2) is 47.0 Å². The molecule has 2 aromatic carbocycles. The number of Topliss-reactive ketones (excluding diaryl/α,β-unsaturated/α-hetero) is 1. The zero-order chi connectivity index (χ0) is 31.1. The molecule has 0 unspecified atom stereocenters. The number of hydrogen-bond donors (Lipinski definition) is 2. The molecule has 2 saturated carbocycles. The highest BCUT2D eigenvalue weighted by Gasteiger charge is 2.38. The molecule has 5 aromatic rings. The molecule has 3 heterocycles. The van der Waals surface area contributed by atoms with Crippen LogP contribution < -0.4 is 14.8 Å². The normalized spacial score (nSPS) is 19.1. The Morgan fingerprint density at radius 2 is 1.76 bits per heavy atom. The number of nitrogens with one attached hydrogen (secondary N) is 2. The van der Waals surface area contributed by atoms with Crippen LogP contribution in [0.25, 0.3) is 33.3 Å². The molecule has 0 spiro atoms. The third-order valence-corrected chi connectivity index (χ3v) is 9.04. The van der Waals surface area contributed by atoms with Gasteiger partial charge in [0.25, 0.3) is 0 Å². The van der Waals surface area contributed by atoms with Gasteiger partial charge in [0.15, 0.2) is 17.3 Å². The van der Waals surface area contributed by atoms with E-state index in [4.69, 9.17) is 33.3 Å². The number of hydrogen-bond acceptors (Lipinski definition) is 10. The summed E-state index contributed by atoms with van der Waals surface area (Å²) >= 11 is 0. The van der Waals surface area contributed by atoms with Crippen molar-refractivity contribution in [1.82, 2.24) is 19.9 Å². The number of oxazole rings is 1. The van der Waals surface area contributed by atoms with E-state index in [2.05, 4.69) is 15.3 Å². The van der Waals surface area contributed by atoms with Crippen LogP contribution in [0.1, 0.15) is 54.8 Å². The van der Waals surface area contributed by atoms with Crippen LogP contribution in [0.4, 0.5) is 11.6 Å². The first-order valence-corrected chi connectivity index (χ1v) is 15.4. The van der Waals surface area contributed by atoms with Gasteiger partial charge >= 0.3 is 0 Å². The fraction of sp³-hybridized carbons (Fsp3) is 0.412. The van der Waals surface area contributed by atoms with Gasteiger partial charge in [0.1, 0.15) is 23.0 Å². The van der Waals surface area contributed by atoms with E-state index in [0.717, 1.165) is 53.3 Å². The number of fused-ring (bicyclic) bond motifs is 2. The number of ether oxygens (including phenoxy) is 4. The fourth-order valence-corrected chi connectivity index (χ4v) is 6.71. The number of aromatic amines is 1. The van der Waals surface area contributed by atoms with Gasteiger partial charge in [0.05, 0.1) is 30.4 Å². The first-order chi connectivity index (χ1) is 21.9. The molecular weight excluding hydrogens is 574 g/mol. The Balaban J connectivity index is 1.20. The third-order valence-electron chi connectivity index (χ3n) is 9.04. The molecule has 0 radical (unpaired) electrons. The topological polar surface area (TPSA) is 134 Å². The van der Waals surface area contributed by atoms with Gasteiger partial charge in [-0.2, -0.15) is 9.97 Å². The largest absolute Gasteiger partial charge is 0.495 e. The summed E-state index contributed by atoms with van der Waals surface area (Å²) in [5.74, 6) is 1.85. The van der Waals surface area contributed by atoms with Gasteiger partial charge in [-0.1, -0.05) is 6.07 Å². The molecule has 2 aliphatic carbocycles. The minimum absolute atomic E-state index is 0.0453. The lowest BCUT2D eigenvalue weighted by atomic mass is 9.95. The number of aromatic nitrogens is 4. The van der Waals surface area contributed by atoms with E-state index in [1.807, 2.05) is 37.4 Å². The van der Waals surface area contributed by atoms with Crippen LogP contribution in [0.2, 0.25) is 0 Å². The summed E-state index contributed by atoms with van der Waals surface area (Å²) in [5, 5.41) is 4.11. The number of H-pyrrole nitrogens is 1. The van der Waals surface area contributed by atoms with Crippen LogP contribution in [0, 0.1) is 12.8 Å². The third kappa shape index (κ3) is 5.62. The Kier molecular flexibility index (Phi) is 7.88. The molecule has 0 bridgehead atoms. The van der Waals surface area contributed by atoms with Crippen molar-refractivity contribution in [3.05, 3.63) is 54.0 Å². The molecule has 11 nitrogen and oxygen atoms in total. The highest BCUT2D eigenvalue weighted by Crippen LogP contribution is 2.39. The van der Waals surface area contributed by atoms with E-state index in [0.29, 0.717) is 53.2 Å². The molecule has 2 fully saturated rings. The SMILES string of the molecule is COc1cc(C(=O)C2C[C@@H](OC)[C@H](OC)C2)ccc1Nc1nc(OC2CCCC2)c2c(-c3ccc4nc(C)oc4c3)c[nH]c2n1. The predicted octanol–water partition coefficient (Wildman–Crippen LogP) is 6.77. The van der Waals surface area contributed by atoms with Gasteiger partial charge in [-0.15, -0.1) is 0 Å². The quantitative estimate of drug-likeness (QED) is 0.163. The summed E-state index contributed by atoms with van der Waals surface area (Å²) in [7, 11) is 4.89. The molecule has 2 aliphatic rings. The first kappa shape index (κ1) is 29.2. The highest BCUT2D eigenvalue weighted by atomic mass is 16.5. The molecule has 0 saturated heterocycles. The number of nitrogens with zero attached hydrogens (tertiary/aromatic N) is 3. The molecular formula is C34H37N5O6. The van der Waals surface area contributed by atoms with Crippen molar-refractivity contribution in [2.75, 3.05) is 26.6 Å². The maximum absolute atomic E-state index is 13.4. The maximum Gasteiger partial charge on any atom is 0.232 e. The van der Waals surface area contributed by atoms with Gasteiger partial charge in [-0.25, -0.2) is 4.98 Å². The lowest BCUT2D eigenvalue weighted by molar-refractivity contribution is -0.0157. The Morgan fingerprint density at radius 3 is 2.49 bits per heavy atom. The summed E-state index contributed by atoms with van der Waals surface area (Å²) in [4.78, 5) is 30.8. The maximum atomic E-state index is 13.4. The fourth-order valence-electron chi connectivity index (χ4n) is 6.71. The Morgan fingerprint density at radius 1 is 0.978 bits per heavy atom.